The Morgan fingerprint density at radius 3 is 2.30 bits per heavy atom. The van der Waals surface area contributed by atoms with Crippen LogP contribution in [0.15, 0.2) is 28.7 Å². The van der Waals surface area contributed by atoms with E-state index in [1.807, 2.05) is 12.1 Å². The number of hydrogen-bond donors (Lipinski definition) is 0. The molecule has 1 amide bonds. The number of nitrogens with zero attached hydrogens (tertiary/aromatic N) is 5. The first-order valence-corrected chi connectivity index (χ1v) is 11.2. The summed E-state index contributed by atoms with van der Waals surface area (Å²) in [6, 6.07) is 8.19. The molecule has 0 radical (unpaired) electrons. The lowest BCUT2D eigenvalue weighted by Crippen LogP contribution is -2.50. The normalized spacial score (nSPS) is 20.1. The zero-order valence-corrected chi connectivity index (χ0v) is 18.2. The highest BCUT2D eigenvalue weighted by Gasteiger charge is 2.27. The molecule has 1 unspecified atom stereocenters. The van der Waals surface area contributed by atoms with Gasteiger partial charge in [-0.05, 0) is 38.8 Å². The monoisotopic (exact) mass is 411 g/mol. The molecular formula is C23H33N5O2. The SMILES string of the molecule is Cc1ccc(-c2nnc(C(C)N3CCN(CC(=O)N4CCCCCC4)CC3)o2)cc1. The zero-order chi connectivity index (χ0) is 20.9. The van der Waals surface area contributed by atoms with Gasteiger partial charge in [0.25, 0.3) is 0 Å². The Morgan fingerprint density at radius 2 is 1.63 bits per heavy atom. The molecule has 1 atom stereocenters. The number of rotatable bonds is 5. The van der Waals surface area contributed by atoms with E-state index in [1.165, 1.54) is 18.4 Å². The van der Waals surface area contributed by atoms with Crippen molar-refractivity contribution in [2.75, 3.05) is 45.8 Å². The summed E-state index contributed by atoms with van der Waals surface area (Å²) in [7, 11) is 0. The molecule has 1 aromatic carbocycles. The number of piperazine rings is 1. The number of carbonyl (C=O) groups is 1. The standard InChI is InChI=1S/C23H33N5O2/c1-18-7-9-20(10-8-18)23-25-24-22(30-23)19(2)27-15-13-26(14-16-27)17-21(29)28-11-5-3-4-6-12-28/h7-10,19H,3-6,11-17H2,1-2H3. The van der Waals surface area contributed by atoms with Gasteiger partial charge in [0.15, 0.2) is 0 Å². The highest BCUT2D eigenvalue weighted by atomic mass is 16.4. The molecule has 0 saturated carbocycles. The van der Waals surface area contributed by atoms with Crippen LogP contribution in [0.3, 0.4) is 0 Å². The lowest BCUT2D eigenvalue weighted by atomic mass is 10.1. The second-order valence-electron chi connectivity index (χ2n) is 8.59. The van der Waals surface area contributed by atoms with Gasteiger partial charge in [-0.1, -0.05) is 30.5 Å². The first-order valence-electron chi connectivity index (χ1n) is 11.2. The van der Waals surface area contributed by atoms with Gasteiger partial charge in [0.1, 0.15) is 0 Å². The molecule has 162 valence electrons. The van der Waals surface area contributed by atoms with E-state index in [0.717, 1.165) is 57.7 Å². The summed E-state index contributed by atoms with van der Waals surface area (Å²) in [4.78, 5) is 19.4. The van der Waals surface area contributed by atoms with Crippen molar-refractivity contribution in [3.05, 3.63) is 35.7 Å². The number of likely N-dealkylation sites (tertiary alicyclic amines) is 1. The maximum absolute atomic E-state index is 12.7. The fraction of sp³-hybridized carbons (Fsp3) is 0.609. The van der Waals surface area contributed by atoms with E-state index in [-0.39, 0.29) is 11.9 Å². The maximum atomic E-state index is 12.7. The minimum Gasteiger partial charge on any atom is -0.419 e. The highest BCUT2D eigenvalue weighted by molar-refractivity contribution is 5.78. The third kappa shape index (κ3) is 5.08. The van der Waals surface area contributed by atoms with Crippen LogP contribution in [0.1, 0.15) is 50.1 Å². The summed E-state index contributed by atoms with van der Waals surface area (Å²) in [5.74, 6) is 1.51. The Labute approximate surface area is 179 Å². The molecular weight excluding hydrogens is 378 g/mol. The Hall–Kier alpha value is -2.25. The second kappa shape index (κ2) is 9.71. The molecule has 7 nitrogen and oxygen atoms in total. The van der Waals surface area contributed by atoms with Crippen LogP contribution in [0.5, 0.6) is 0 Å². The summed E-state index contributed by atoms with van der Waals surface area (Å²) >= 11 is 0. The van der Waals surface area contributed by atoms with E-state index in [2.05, 4.69) is 50.9 Å². The van der Waals surface area contributed by atoms with Crippen molar-refractivity contribution in [2.45, 2.75) is 45.6 Å². The van der Waals surface area contributed by atoms with E-state index in [0.29, 0.717) is 18.3 Å². The fourth-order valence-electron chi connectivity index (χ4n) is 4.29. The van der Waals surface area contributed by atoms with Crippen LogP contribution in [0.25, 0.3) is 11.5 Å². The number of amides is 1. The summed E-state index contributed by atoms with van der Waals surface area (Å²) < 4.78 is 5.97. The van der Waals surface area contributed by atoms with Gasteiger partial charge >= 0.3 is 0 Å². The molecule has 7 heteroatoms. The van der Waals surface area contributed by atoms with Crippen molar-refractivity contribution in [3.8, 4) is 11.5 Å². The van der Waals surface area contributed by atoms with Crippen LogP contribution in [0.2, 0.25) is 0 Å². The molecule has 2 fully saturated rings. The van der Waals surface area contributed by atoms with Gasteiger partial charge in [0, 0.05) is 44.8 Å². The van der Waals surface area contributed by atoms with E-state index in [9.17, 15) is 4.79 Å². The van der Waals surface area contributed by atoms with Crippen LogP contribution in [-0.4, -0.2) is 76.6 Å². The molecule has 2 aliphatic heterocycles. The third-order valence-corrected chi connectivity index (χ3v) is 6.37. The van der Waals surface area contributed by atoms with E-state index in [1.54, 1.807) is 0 Å². The number of benzene rings is 1. The molecule has 2 aliphatic rings. The van der Waals surface area contributed by atoms with Crippen molar-refractivity contribution in [1.29, 1.82) is 0 Å². The molecule has 2 aromatic rings. The highest BCUT2D eigenvalue weighted by Crippen LogP contribution is 2.25. The van der Waals surface area contributed by atoms with Crippen molar-refractivity contribution in [1.82, 2.24) is 24.9 Å². The van der Waals surface area contributed by atoms with E-state index >= 15 is 0 Å². The smallest absolute Gasteiger partial charge is 0.247 e. The number of carbonyl (C=O) groups excluding carboxylic acids is 1. The van der Waals surface area contributed by atoms with Gasteiger partial charge in [-0.15, -0.1) is 10.2 Å². The molecule has 0 N–H and O–H groups in total. The Kier molecular flexibility index (Phi) is 6.79. The van der Waals surface area contributed by atoms with E-state index in [4.69, 9.17) is 4.42 Å². The maximum Gasteiger partial charge on any atom is 0.247 e. The predicted molar refractivity (Wildman–Crippen MR) is 116 cm³/mol. The molecule has 0 aliphatic carbocycles. The molecule has 0 spiro atoms. The molecule has 30 heavy (non-hydrogen) atoms. The lowest BCUT2D eigenvalue weighted by molar-refractivity contribution is -0.132. The molecule has 2 saturated heterocycles. The zero-order valence-electron chi connectivity index (χ0n) is 18.2. The van der Waals surface area contributed by atoms with Crippen LogP contribution < -0.4 is 0 Å². The van der Waals surface area contributed by atoms with Crippen LogP contribution in [0, 0.1) is 6.92 Å². The Bertz CT molecular complexity index is 818. The first kappa shape index (κ1) is 21.0. The van der Waals surface area contributed by atoms with Gasteiger partial charge in [-0.3, -0.25) is 14.6 Å². The molecule has 4 rings (SSSR count). The number of aromatic nitrogens is 2. The van der Waals surface area contributed by atoms with Crippen LogP contribution in [-0.2, 0) is 4.79 Å². The predicted octanol–water partition coefficient (Wildman–Crippen LogP) is 3.13. The van der Waals surface area contributed by atoms with Crippen molar-refractivity contribution in [3.63, 3.8) is 0 Å². The third-order valence-electron chi connectivity index (χ3n) is 6.37. The topological polar surface area (TPSA) is 65.7 Å². The van der Waals surface area contributed by atoms with Gasteiger partial charge in [-0.2, -0.15) is 0 Å². The quantitative estimate of drug-likeness (QED) is 0.753. The van der Waals surface area contributed by atoms with Gasteiger partial charge in [0.05, 0.1) is 12.6 Å². The van der Waals surface area contributed by atoms with Crippen LogP contribution >= 0.6 is 0 Å². The largest absolute Gasteiger partial charge is 0.419 e. The Balaban J connectivity index is 1.28. The summed E-state index contributed by atoms with van der Waals surface area (Å²) in [5.41, 5.74) is 2.16. The average Bonchev–Trinajstić information content (AvgIpc) is 3.09. The summed E-state index contributed by atoms with van der Waals surface area (Å²) in [6.07, 6.45) is 4.79. The molecule has 0 bridgehead atoms. The summed E-state index contributed by atoms with van der Waals surface area (Å²) in [6.45, 7) is 10.2. The van der Waals surface area contributed by atoms with Crippen molar-refractivity contribution >= 4 is 5.91 Å². The van der Waals surface area contributed by atoms with E-state index < -0.39 is 0 Å². The van der Waals surface area contributed by atoms with Crippen LogP contribution in [0.4, 0.5) is 0 Å². The lowest BCUT2D eigenvalue weighted by Gasteiger charge is -2.37. The number of hydrogen-bond acceptors (Lipinski definition) is 6. The Morgan fingerprint density at radius 1 is 0.967 bits per heavy atom. The second-order valence-corrected chi connectivity index (χ2v) is 8.59. The van der Waals surface area contributed by atoms with Gasteiger partial charge < -0.3 is 9.32 Å². The van der Waals surface area contributed by atoms with Crippen molar-refractivity contribution in [2.24, 2.45) is 0 Å². The van der Waals surface area contributed by atoms with Gasteiger partial charge in [-0.25, -0.2) is 0 Å². The number of aryl methyl sites for hydroxylation is 1. The minimum absolute atomic E-state index is 0.0696. The fourth-order valence-corrected chi connectivity index (χ4v) is 4.29. The molecule has 1 aromatic heterocycles. The first-order chi connectivity index (χ1) is 14.6. The molecule has 3 heterocycles. The average molecular weight is 412 g/mol. The van der Waals surface area contributed by atoms with Gasteiger partial charge in [0.2, 0.25) is 17.7 Å². The minimum atomic E-state index is 0.0696. The van der Waals surface area contributed by atoms with Crippen molar-refractivity contribution < 1.29 is 9.21 Å². The summed E-state index contributed by atoms with van der Waals surface area (Å²) in [5, 5.41) is 8.54.